The predicted octanol–water partition coefficient (Wildman–Crippen LogP) is 2.76. The monoisotopic (exact) mass is 364 g/mol. The number of carbonyl (C=O) groups excluding carboxylic acids is 2. The number of esters is 1. The van der Waals surface area contributed by atoms with Gasteiger partial charge in [0.25, 0.3) is 5.91 Å². The van der Waals surface area contributed by atoms with Gasteiger partial charge in [0, 0.05) is 12.1 Å². The van der Waals surface area contributed by atoms with Gasteiger partial charge < -0.3 is 10.1 Å². The highest BCUT2D eigenvalue weighted by molar-refractivity contribution is 7.17. The first-order valence-corrected chi connectivity index (χ1v) is 8.61. The average Bonchev–Trinajstić information content (AvgIpc) is 3.31. The van der Waals surface area contributed by atoms with Crippen LogP contribution in [0, 0.1) is 10.1 Å². The van der Waals surface area contributed by atoms with Crippen molar-refractivity contribution < 1.29 is 19.2 Å². The summed E-state index contributed by atoms with van der Waals surface area (Å²) in [5.74, 6) is -0.684. The maximum absolute atomic E-state index is 12.0. The molecule has 0 aromatic carbocycles. The molecular weight excluding hydrogens is 348 g/mol. The van der Waals surface area contributed by atoms with Crippen molar-refractivity contribution in [2.75, 3.05) is 11.9 Å². The van der Waals surface area contributed by atoms with Crippen LogP contribution < -0.4 is 5.32 Å². The van der Waals surface area contributed by atoms with Crippen molar-refractivity contribution in [3.05, 3.63) is 39.4 Å². The molecule has 1 fully saturated rings. The number of hydrogen-bond donors (Lipinski definition) is 1. The molecule has 10 heteroatoms. The van der Waals surface area contributed by atoms with Gasteiger partial charge in [0.2, 0.25) is 0 Å². The topological polar surface area (TPSA) is 116 Å². The Balaban J connectivity index is 1.53. The zero-order valence-electron chi connectivity index (χ0n) is 13.2. The molecule has 1 saturated carbocycles. The van der Waals surface area contributed by atoms with Crippen molar-refractivity contribution in [1.82, 2.24) is 9.78 Å². The maximum Gasteiger partial charge on any atom is 0.349 e. The van der Waals surface area contributed by atoms with E-state index < -0.39 is 23.4 Å². The molecule has 3 rings (SSSR count). The minimum atomic E-state index is -0.766. The first-order valence-electron chi connectivity index (χ1n) is 7.79. The Morgan fingerprint density at radius 3 is 2.80 bits per heavy atom. The molecule has 2 aromatic heterocycles. The summed E-state index contributed by atoms with van der Waals surface area (Å²) < 4.78 is 6.69. The van der Waals surface area contributed by atoms with Crippen molar-refractivity contribution in [3.63, 3.8) is 0 Å². The van der Waals surface area contributed by atoms with Crippen LogP contribution in [0.2, 0.25) is 0 Å². The first-order chi connectivity index (χ1) is 12.0. The molecule has 0 bridgehead atoms. The Morgan fingerprint density at radius 1 is 1.36 bits per heavy atom. The maximum atomic E-state index is 12.0. The van der Waals surface area contributed by atoms with Crippen molar-refractivity contribution in [3.8, 4) is 0 Å². The molecule has 132 valence electrons. The SMILES string of the molecule is O=C(COC(=O)c1ccc([N+](=O)[O-])s1)Nc1ccnn1C1CCCC1. The molecule has 1 N–H and O–H groups in total. The van der Waals surface area contributed by atoms with Crippen LogP contribution in [0.15, 0.2) is 24.4 Å². The highest BCUT2D eigenvalue weighted by Gasteiger charge is 2.21. The molecular formula is C15H16N4O5S. The number of amides is 1. The van der Waals surface area contributed by atoms with Gasteiger partial charge in [-0.2, -0.15) is 5.10 Å². The summed E-state index contributed by atoms with van der Waals surface area (Å²) in [6.45, 7) is -0.472. The van der Waals surface area contributed by atoms with Crippen LogP contribution in [-0.4, -0.2) is 33.2 Å². The minimum Gasteiger partial charge on any atom is -0.451 e. The summed E-state index contributed by atoms with van der Waals surface area (Å²) in [7, 11) is 0. The molecule has 0 radical (unpaired) electrons. The van der Waals surface area contributed by atoms with Gasteiger partial charge in [-0.15, -0.1) is 0 Å². The van der Waals surface area contributed by atoms with E-state index in [0.717, 1.165) is 25.7 Å². The van der Waals surface area contributed by atoms with E-state index in [2.05, 4.69) is 10.4 Å². The first kappa shape index (κ1) is 17.1. The summed E-state index contributed by atoms with van der Waals surface area (Å²) in [5.41, 5.74) is 0. The van der Waals surface area contributed by atoms with Gasteiger partial charge >= 0.3 is 11.0 Å². The number of thiophene rings is 1. The zero-order valence-corrected chi connectivity index (χ0v) is 14.0. The Labute approximate surface area is 146 Å². The Kier molecular flexibility index (Phi) is 5.08. The lowest BCUT2D eigenvalue weighted by Crippen LogP contribution is -2.23. The summed E-state index contributed by atoms with van der Waals surface area (Å²) in [5, 5.41) is 17.4. The lowest BCUT2D eigenvalue weighted by atomic mass is 10.2. The molecule has 0 saturated heterocycles. The van der Waals surface area contributed by atoms with Gasteiger partial charge in [-0.1, -0.05) is 24.2 Å². The number of nitrogens with one attached hydrogen (secondary N) is 1. The molecule has 0 aliphatic heterocycles. The van der Waals surface area contributed by atoms with Crippen molar-refractivity contribution in [2.24, 2.45) is 0 Å². The molecule has 1 amide bonds. The van der Waals surface area contributed by atoms with Crippen LogP contribution in [-0.2, 0) is 9.53 Å². The van der Waals surface area contributed by atoms with E-state index in [1.165, 1.54) is 12.1 Å². The smallest absolute Gasteiger partial charge is 0.349 e. The molecule has 9 nitrogen and oxygen atoms in total. The van der Waals surface area contributed by atoms with Crippen LogP contribution in [0.5, 0.6) is 0 Å². The molecule has 0 unspecified atom stereocenters. The Hall–Kier alpha value is -2.75. The third-order valence-electron chi connectivity index (χ3n) is 3.92. The molecule has 1 aliphatic rings. The average molecular weight is 364 g/mol. The number of nitro groups is 1. The van der Waals surface area contributed by atoms with Gasteiger partial charge in [-0.3, -0.25) is 14.9 Å². The largest absolute Gasteiger partial charge is 0.451 e. The molecule has 0 spiro atoms. The van der Waals surface area contributed by atoms with Crippen LogP contribution in [0.3, 0.4) is 0 Å². The van der Waals surface area contributed by atoms with E-state index in [1.807, 2.05) is 0 Å². The highest BCUT2D eigenvalue weighted by Crippen LogP contribution is 2.31. The van der Waals surface area contributed by atoms with E-state index in [0.29, 0.717) is 17.2 Å². The van der Waals surface area contributed by atoms with E-state index in [4.69, 9.17) is 4.74 Å². The van der Waals surface area contributed by atoms with E-state index >= 15 is 0 Å². The molecule has 0 atom stereocenters. The molecule has 2 aromatic rings. The molecule has 25 heavy (non-hydrogen) atoms. The summed E-state index contributed by atoms with van der Waals surface area (Å²) in [6, 6.07) is 4.50. The normalized spacial score (nSPS) is 14.4. The van der Waals surface area contributed by atoms with E-state index in [9.17, 15) is 19.7 Å². The van der Waals surface area contributed by atoms with Gasteiger partial charge in [-0.25, -0.2) is 9.48 Å². The van der Waals surface area contributed by atoms with Gasteiger partial charge in [0.05, 0.1) is 17.2 Å². The third kappa shape index (κ3) is 4.02. The summed E-state index contributed by atoms with van der Waals surface area (Å²) >= 11 is 0.706. The summed E-state index contributed by atoms with van der Waals surface area (Å²) in [4.78, 5) is 33.9. The number of rotatable bonds is 6. The van der Waals surface area contributed by atoms with Gasteiger partial charge in [-0.05, 0) is 18.9 Å². The third-order valence-corrected chi connectivity index (χ3v) is 4.93. The van der Waals surface area contributed by atoms with Crippen molar-refractivity contribution in [1.29, 1.82) is 0 Å². The molecule has 1 aliphatic carbocycles. The number of hydrogen-bond acceptors (Lipinski definition) is 7. The van der Waals surface area contributed by atoms with Crippen LogP contribution >= 0.6 is 11.3 Å². The summed E-state index contributed by atoms with van der Waals surface area (Å²) in [6.07, 6.45) is 5.95. The minimum absolute atomic E-state index is 0.0792. The van der Waals surface area contributed by atoms with Crippen molar-refractivity contribution >= 4 is 34.0 Å². The van der Waals surface area contributed by atoms with Crippen LogP contribution in [0.1, 0.15) is 41.4 Å². The van der Waals surface area contributed by atoms with Crippen LogP contribution in [0.4, 0.5) is 10.8 Å². The second kappa shape index (κ2) is 7.43. The number of anilines is 1. The van der Waals surface area contributed by atoms with Gasteiger partial charge in [0.15, 0.2) is 6.61 Å². The second-order valence-corrected chi connectivity index (χ2v) is 6.68. The molecule has 2 heterocycles. The number of carbonyl (C=O) groups is 2. The predicted molar refractivity (Wildman–Crippen MR) is 89.6 cm³/mol. The quantitative estimate of drug-likeness (QED) is 0.478. The second-order valence-electron chi connectivity index (χ2n) is 5.62. The Morgan fingerprint density at radius 2 is 2.12 bits per heavy atom. The standard InChI is InChI=1S/C15H16N4O5S/c20-13(9-24-15(21)11-5-6-14(25-11)19(22)23)17-12-7-8-16-18(12)10-3-1-2-4-10/h5-8,10H,1-4,9H2,(H,17,20). The zero-order chi connectivity index (χ0) is 17.8. The fraction of sp³-hybridized carbons (Fsp3) is 0.400. The lowest BCUT2D eigenvalue weighted by Gasteiger charge is -2.14. The van der Waals surface area contributed by atoms with Gasteiger partial charge in [0.1, 0.15) is 10.7 Å². The Bertz CT molecular complexity index is 793. The fourth-order valence-electron chi connectivity index (χ4n) is 2.77. The van der Waals surface area contributed by atoms with Crippen LogP contribution in [0.25, 0.3) is 0 Å². The lowest BCUT2D eigenvalue weighted by molar-refractivity contribution is -0.380. The van der Waals surface area contributed by atoms with E-state index in [-0.39, 0.29) is 15.9 Å². The number of ether oxygens (including phenoxy) is 1. The number of aromatic nitrogens is 2. The number of nitrogens with zero attached hydrogens (tertiary/aromatic N) is 3. The highest BCUT2D eigenvalue weighted by atomic mass is 32.1. The van der Waals surface area contributed by atoms with Crippen molar-refractivity contribution in [2.45, 2.75) is 31.7 Å². The fourth-order valence-corrected chi connectivity index (χ4v) is 3.48. The van der Waals surface area contributed by atoms with E-state index in [1.54, 1.807) is 16.9 Å².